The van der Waals surface area contributed by atoms with E-state index in [0.717, 1.165) is 45.7 Å². The van der Waals surface area contributed by atoms with Crippen LogP contribution in [-0.2, 0) is 9.53 Å². The maximum Gasteiger partial charge on any atom is 0.222 e. The fraction of sp³-hybridized carbons (Fsp3) is 0.611. The Balaban J connectivity index is 1.61. The zero-order valence-electron chi connectivity index (χ0n) is 13.2. The normalized spacial score (nSPS) is 23.7. The van der Waals surface area contributed by atoms with Gasteiger partial charge in [0.1, 0.15) is 0 Å². The van der Waals surface area contributed by atoms with Gasteiger partial charge in [-0.3, -0.25) is 4.79 Å². The Kier molecular flexibility index (Phi) is 5.46. The van der Waals surface area contributed by atoms with Gasteiger partial charge in [0.05, 0.1) is 6.61 Å². The van der Waals surface area contributed by atoms with E-state index >= 15 is 0 Å². The van der Waals surface area contributed by atoms with Crippen molar-refractivity contribution in [2.24, 2.45) is 5.92 Å². The number of ether oxygens (including phenoxy) is 1. The molecule has 0 saturated carbocycles. The lowest BCUT2D eigenvalue weighted by Crippen LogP contribution is -2.39. The summed E-state index contributed by atoms with van der Waals surface area (Å²) in [6.07, 6.45) is 4.10. The SMILES string of the molecule is O=C1CCCN1C[C@H](NC[C@@H]1CCCOC1)c1ccccc1. The molecule has 2 saturated heterocycles. The van der Waals surface area contributed by atoms with Gasteiger partial charge in [0.25, 0.3) is 0 Å². The van der Waals surface area contributed by atoms with Crippen molar-refractivity contribution in [2.75, 3.05) is 32.8 Å². The summed E-state index contributed by atoms with van der Waals surface area (Å²) < 4.78 is 5.57. The molecule has 2 aliphatic heterocycles. The Hall–Kier alpha value is -1.39. The van der Waals surface area contributed by atoms with Crippen LogP contribution in [0.15, 0.2) is 30.3 Å². The average Bonchev–Trinajstić information content (AvgIpc) is 2.98. The molecule has 2 fully saturated rings. The zero-order chi connectivity index (χ0) is 15.2. The molecule has 2 heterocycles. The summed E-state index contributed by atoms with van der Waals surface area (Å²) in [6.45, 7) is 4.40. The molecule has 0 aliphatic carbocycles. The molecule has 1 N–H and O–H groups in total. The van der Waals surface area contributed by atoms with Crippen LogP contribution in [0.2, 0.25) is 0 Å². The summed E-state index contributed by atoms with van der Waals surface area (Å²) in [6, 6.07) is 10.7. The molecule has 120 valence electrons. The summed E-state index contributed by atoms with van der Waals surface area (Å²) in [5.41, 5.74) is 1.26. The molecule has 0 unspecified atom stereocenters. The van der Waals surface area contributed by atoms with Gasteiger partial charge < -0.3 is 15.0 Å². The molecule has 2 atom stereocenters. The van der Waals surface area contributed by atoms with Crippen molar-refractivity contribution in [3.05, 3.63) is 35.9 Å². The molecule has 1 amide bonds. The maximum absolute atomic E-state index is 11.9. The van der Waals surface area contributed by atoms with E-state index in [1.807, 2.05) is 11.0 Å². The van der Waals surface area contributed by atoms with Crippen molar-refractivity contribution >= 4 is 5.91 Å². The number of hydrogen-bond donors (Lipinski definition) is 1. The third-order valence-electron chi connectivity index (χ3n) is 4.68. The lowest BCUT2D eigenvalue weighted by Gasteiger charge is -2.28. The van der Waals surface area contributed by atoms with Crippen molar-refractivity contribution in [3.63, 3.8) is 0 Å². The van der Waals surface area contributed by atoms with Gasteiger partial charge in [-0.1, -0.05) is 30.3 Å². The second-order valence-electron chi connectivity index (χ2n) is 6.40. The minimum atomic E-state index is 0.213. The minimum Gasteiger partial charge on any atom is -0.381 e. The van der Waals surface area contributed by atoms with Crippen molar-refractivity contribution in [2.45, 2.75) is 31.7 Å². The van der Waals surface area contributed by atoms with Gasteiger partial charge >= 0.3 is 0 Å². The largest absolute Gasteiger partial charge is 0.381 e. The van der Waals surface area contributed by atoms with Crippen LogP contribution >= 0.6 is 0 Å². The zero-order valence-corrected chi connectivity index (χ0v) is 13.2. The van der Waals surface area contributed by atoms with Crippen LogP contribution < -0.4 is 5.32 Å². The van der Waals surface area contributed by atoms with Gasteiger partial charge in [-0.2, -0.15) is 0 Å². The Morgan fingerprint density at radius 3 is 2.82 bits per heavy atom. The summed E-state index contributed by atoms with van der Waals surface area (Å²) in [5, 5.41) is 3.68. The smallest absolute Gasteiger partial charge is 0.222 e. The van der Waals surface area contributed by atoms with Crippen LogP contribution in [0.3, 0.4) is 0 Å². The molecule has 1 aromatic rings. The predicted molar refractivity (Wildman–Crippen MR) is 86.5 cm³/mol. The fourth-order valence-electron chi connectivity index (χ4n) is 3.37. The summed E-state index contributed by atoms with van der Waals surface area (Å²) in [7, 11) is 0. The molecule has 22 heavy (non-hydrogen) atoms. The Morgan fingerprint density at radius 2 is 2.14 bits per heavy atom. The number of carbonyl (C=O) groups is 1. The van der Waals surface area contributed by atoms with E-state index in [4.69, 9.17) is 4.74 Å². The van der Waals surface area contributed by atoms with Crippen LogP contribution in [0.4, 0.5) is 0 Å². The summed E-state index contributed by atoms with van der Waals surface area (Å²) in [4.78, 5) is 13.9. The highest BCUT2D eigenvalue weighted by atomic mass is 16.5. The highest BCUT2D eigenvalue weighted by Gasteiger charge is 2.25. The first-order chi connectivity index (χ1) is 10.8. The third-order valence-corrected chi connectivity index (χ3v) is 4.68. The number of carbonyl (C=O) groups excluding carboxylic acids is 1. The molecule has 0 radical (unpaired) electrons. The standard InChI is InChI=1S/C18H26N2O2/c21-18-9-4-10-20(18)13-17(16-7-2-1-3-8-16)19-12-15-6-5-11-22-14-15/h1-3,7-8,15,17,19H,4-6,9-14H2/t15-,17-/m0/s1. The Bertz CT molecular complexity index is 471. The van der Waals surface area contributed by atoms with Gasteiger partial charge in [-0.05, 0) is 30.7 Å². The van der Waals surface area contributed by atoms with Crippen molar-refractivity contribution < 1.29 is 9.53 Å². The number of benzene rings is 1. The van der Waals surface area contributed by atoms with Gasteiger partial charge in [0.15, 0.2) is 0 Å². The molecule has 1 aromatic carbocycles. The van der Waals surface area contributed by atoms with Gasteiger partial charge in [0, 0.05) is 38.7 Å². The van der Waals surface area contributed by atoms with E-state index in [9.17, 15) is 4.79 Å². The second kappa shape index (κ2) is 7.75. The number of amides is 1. The molecular weight excluding hydrogens is 276 g/mol. The molecular formula is C18H26N2O2. The number of likely N-dealkylation sites (tertiary alicyclic amines) is 1. The first-order valence-corrected chi connectivity index (χ1v) is 8.47. The fourth-order valence-corrected chi connectivity index (χ4v) is 3.37. The first kappa shape index (κ1) is 15.5. The van der Waals surface area contributed by atoms with Crippen molar-refractivity contribution in [3.8, 4) is 0 Å². The van der Waals surface area contributed by atoms with E-state index in [2.05, 4.69) is 29.6 Å². The third kappa shape index (κ3) is 4.08. The van der Waals surface area contributed by atoms with Crippen LogP contribution in [0.1, 0.15) is 37.3 Å². The van der Waals surface area contributed by atoms with Gasteiger partial charge in [-0.25, -0.2) is 0 Å². The van der Waals surface area contributed by atoms with E-state index in [1.165, 1.54) is 12.0 Å². The highest BCUT2D eigenvalue weighted by molar-refractivity contribution is 5.78. The van der Waals surface area contributed by atoms with Crippen LogP contribution in [0.5, 0.6) is 0 Å². The van der Waals surface area contributed by atoms with Crippen LogP contribution in [-0.4, -0.2) is 43.7 Å². The molecule has 0 aromatic heterocycles. The molecule has 0 spiro atoms. The minimum absolute atomic E-state index is 0.213. The van der Waals surface area contributed by atoms with E-state index in [-0.39, 0.29) is 6.04 Å². The number of rotatable bonds is 6. The highest BCUT2D eigenvalue weighted by Crippen LogP contribution is 2.20. The van der Waals surface area contributed by atoms with Crippen LogP contribution in [0, 0.1) is 5.92 Å². The number of nitrogens with one attached hydrogen (secondary N) is 1. The molecule has 0 bridgehead atoms. The lowest BCUT2D eigenvalue weighted by molar-refractivity contribution is -0.128. The first-order valence-electron chi connectivity index (χ1n) is 8.47. The van der Waals surface area contributed by atoms with E-state index < -0.39 is 0 Å². The molecule has 4 heteroatoms. The van der Waals surface area contributed by atoms with Gasteiger partial charge in [-0.15, -0.1) is 0 Å². The summed E-state index contributed by atoms with van der Waals surface area (Å²) in [5.74, 6) is 0.887. The molecule has 2 aliphatic rings. The molecule has 3 rings (SSSR count). The maximum atomic E-state index is 11.9. The Morgan fingerprint density at radius 1 is 1.27 bits per heavy atom. The van der Waals surface area contributed by atoms with E-state index in [1.54, 1.807) is 0 Å². The number of hydrogen-bond acceptors (Lipinski definition) is 3. The lowest BCUT2D eigenvalue weighted by atomic mass is 10.0. The topological polar surface area (TPSA) is 41.6 Å². The monoisotopic (exact) mass is 302 g/mol. The molecule has 4 nitrogen and oxygen atoms in total. The second-order valence-corrected chi connectivity index (χ2v) is 6.40. The van der Waals surface area contributed by atoms with Gasteiger partial charge in [0.2, 0.25) is 5.91 Å². The van der Waals surface area contributed by atoms with E-state index in [0.29, 0.717) is 18.2 Å². The van der Waals surface area contributed by atoms with Crippen molar-refractivity contribution in [1.82, 2.24) is 10.2 Å². The summed E-state index contributed by atoms with van der Waals surface area (Å²) >= 11 is 0. The van der Waals surface area contributed by atoms with Crippen molar-refractivity contribution in [1.29, 1.82) is 0 Å². The predicted octanol–water partition coefficient (Wildman–Crippen LogP) is 2.37. The Labute approximate surface area is 132 Å². The average molecular weight is 302 g/mol. The number of nitrogens with zero attached hydrogens (tertiary/aromatic N) is 1. The van der Waals surface area contributed by atoms with Crippen LogP contribution in [0.25, 0.3) is 0 Å². The quantitative estimate of drug-likeness (QED) is 0.877.